The molecule has 1 saturated heterocycles. The summed E-state index contributed by atoms with van der Waals surface area (Å²) in [6, 6.07) is 6.90. The fourth-order valence-electron chi connectivity index (χ4n) is 1.72. The van der Waals surface area contributed by atoms with Crippen LogP contribution < -0.4 is 10.6 Å². The van der Waals surface area contributed by atoms with Gasteiger partial charge in [-0.3, -0.25) is 4.79 Å². The molecule has 2 N–H and O–H groups in total. The number of ketones is 1. The molecule has 0 aliphatic carbocycles. The summed E-state index contributed by atoms with van der Waals surface area (Å²) >= 11 is 5.79. The molecule has 0 saturated carbocycles. The molecule has 0 bridgehead atoms. The van der Waals surface area contributed by atoms with Gasteiger partial charge in [-0.25, -0.2) is 0 Å². The molecule has 1 aliphatic heterocycles. The minimum absolute atomic E-state index is 0.0265. The molecule has 1 aromatic carbocycles. The number of hydrogen-bond donors (Lipinski definition) is 2. The maximum atomic E-state index is 12.0. The van der Waals surface area contributed by atoms with Gasteiger partial charge in [0.1, 0.15) is 5.82 Å². The highest BCUT2D eigenvalue weighted by Gasteiger charge is 2.22. The van der Waals surface area contributed by atoms with Gasteiger partial charge in [-0.2, -0.15) is 0 Å². The zero-order chi connectivity index (χ0) is 13.2. The number of halogens is 1. The van der Waals surface area contributed by atoms with Gasteiger partial charge in [0.15, 0.2) is 5.78 Å². The summed E-state index contributed by atoms with van der Waals surface area (Å²) in [7, 11) is 0. The topological polar surface area (TPSA) is 41.1 Å². The molecular formula is C14H17ClN2O. The first-order valence-electron chi connectivity index (χ1n) is 5.96. The predicted octanol–water partition coefficient (Wildman–Crippen LogP) is 2.58. The van der Waals surface area contributed by atoms with Crippen LogP contribution in [0.25, 0.3) is 0 Å². The van der Waals surface area contributed by atoms with Gasteiger partial charge in [0.25, 0.3) is 0 Å². The van der Waals surface area contributed by atoms with E-state index in [0.717, 1.165) is 18.9 Å². The number of carbonyl (C=O) groups excluding carboxylic acids is 1. The molecule has 0 radical (unpaired) electrons. The third-order valence-electron chi connectivity index (χ3n) is 2.92. The van der Waals surface area contributed by atoms with Crippen LogP contribution in [0.2, 0.25) is 5.02 Å². The van der Waals surface area contributed by atoms with Gasteiger partial charge >= 0.3 is 0 Å². The molecule has 0 spiro atoms. The summed E-state index contributed by atoms with van der Waals surface area (Å²) in [5.74, 6) is 0.760. The number of hydrogen-bond acceptors (Lipinski definition) is 3. The lowest BCUT2D eigenvalue weighted by atomic mass is 9.92. The van der Waals surface area contributed by atoms with Crippen LogP contribution in [0.4, 0.5) is 0 Å². The maximum absolute atomic E-state index is 12.0. The van der Waals surface area contributed by atoms with E-state index in [4.69, 9.17) is 11.6 Å². The van der Waals surface area contributed by atoms with Crippen molar-refractivity contribution in [3.05, 3.63) is 46.7 Å². The third-order valence-corrected chi connectivity index (χ3v) is 3.17. The fraction of sp³-hybridized carbons (Fsp3) is 0.357. The van der Waals surface area contributed by atoms with E-state index in [0.29, 0.717) is 10.6 Å². The van der Waals surface area contributed by atoms with Crippen molar-refractivity contribution in [3.8, 4) is 0 Å². The smallest absolute Gasteiger partial charge is 0.189 e. The van der Waals surface area contributed by atoms with E-state index < -0.39 is 0 Å². The molecule has 0 amide bonds. The summed E-state index contributed by atoms with van der Waals surface area (Å²) in [4.78, 5) is 12.0. The number of rotatable bonds is 2. The van der Waals surface area contributed by atoms with E-state index in [1.165, 1.54) is 0 Å². The highest BCUT2D eigenvalue weighted by molar-refractivity contribution is 6.30. The van der Waals surface area contributed by atoms with Crippen LogP contribution >= 0.6 is 11.6 Å². The van der Waals surface area contributed by atoms with Crippen molar-refractivity contribution in [1.29, 1.82) is 0 Å². The average Bonchev–Trinajstić information content (AvgIpc) is 2.33. The molecule has 0 atom stereocenters. The van der Waals surface area contributed by atoms with Crippen molar-refractivity contribution in [1.82, 2.24) is 10.6 Å². The summed E-state index contributed by atoms with van der Waals surface area (Å²) in [6.45, 7) is 6.06. The summed E-state index contributed by atoms with van der Waals surface area (Å²) in [5.41, 5.74) is 0.848. The van der Waals surface area contributed by atoms with Gasteiger partial charge in [-0.15, -0.1) is 0 Å². The lowest BCUT2D eigenvalue weighted by molar-refractivity contribution is 0.104. The van der Waals surface area contributed by atoms with Crippen molar-refractivity contribution in [2.24, 2.45) is 5.41 Å². The first-order chi connectivity index (χ1) is 8.46. The Morgan fingerprint density at radius 1 is 1.22 bits per heavy atom. The van der Waals surface area contributed by atoms with Crippen molar-refractivity contribution in [2.45, 2.75) is 13.8 Å². The van der Waals surface area contributed by atoms with Crippen LogP contribution in [0.5, 0.6) is 0 Å². The van der Waals surface area contributed by atoms with Gasteiger partial charge in [-0.1, -0.05) is 25.4 Å². The predicted molar refractivity (Wildman–Crippen MR) is 73.7 cm³/mol. The molecule has 1 heterocycles. The maximum Gasteiger partial charge on any atom is 0.189 e. The van der Waals surface area contributed by atoms with E-state index in [1.807, 2.05) is 0 Å². The molecule has 0 unspecified atom stereocenters. The lowest BCUT2D eigenvalue weighted by Crippen LogP contribution is -2.47. The van der Waals surface area contributed by atoms with Crippen molar-refractivity contribution in [2.75, 3.05) is 13.1 Å². The van der Waals surface area contributed by atoms with Crippen molar-refractivity contribution < 1.29 is 4.79 Å². The second-order valence-electron chi connectivity index (χ2n) is 5.30. The Kier molecular flexibility index (Phi) is 3.62. The van der Waals surface area contributed by atoms with Crippen LogP contribution in [0, 0.1) is 5.41 Å². The van der Waals surface area contributed by atoms with Gasteiger partial charge in [0.2, 0.25) is 0 Å². The molecule has 3 nitrogen and oxygen atoms in total. The molecule has 18 heavy (non-hydrogen) atoms. The molecule has 1 fully saturated rings. The van der Waals surface area contributed by atoms with Crippen LogP contribution in [-0.4, -0.2) is 18.9 Å². The Hall–Kier alpha value is -1.48. The van der Waals surface area contributed by atoms with Gasteiger partial charge in [-0.05, 0) is 29.7 Å². The number of allylic oxidation sites excluding steroid dienone is 1. The first kappa shape index (κ1) is 13.0. The van der Waals surface area contributed by atoms with Crippen LogP contribution in [0.15, 0.2) is 36.2 Å². The Balaban J connectivity index is 2.05. The second kappa shape index (κ2) is 5.02. The monoisotopic (exact) mass is 264 g/mol. The highest BCUT2D eigenvalue weighted by atomic mass is 35.5. The third kappa shape index (κ3) is 3.26. The molecule has 2 rings (SSSR count). The lowest BCUT2D eigenvalue weighted by Gasteiger charge is -2.33. The molecule has 96 valence electrons. The summed E-state index contributed by atoms with van der Waals surface area (Å²) in [5, 5.41) is 7.08. The van der Waals surface area contributed by atoms with E-state index in [2.05, 4.69) is 24.5 Å². The zero-order valence-corrected chi connectivity index (χ0v) is 11.3. The van der Waals surface area contributed by atoms with Crippen LogP contribution in [0.1, 0.15) is 24.2 Å². The average molecular weight is 265 g/mol. The standard InChI is InChI=1S/C14H17ClN2O/c1-14(2)8-16-13(17-9-14)7-12(18)10-3-5-11(15)6-4-10/h3-7,16-17H,8-9H2,1-2H3. The Bertz CT molecular complexity index is 465. The van der Waals surface area contributed by atoms with E-state index >= 15 is 0 Å². The van der Waals surface area contributed by atoms with Gasteiger partial charge < -0.3 is 10.6 Å². The Morgan fingerprint density at radius 3 is 2.33 bits per heavy atom. The molecule has 1 aromatic rings. The van der Waals surface area contributed by atoms with Crippen LogP contribution in [-0.2, 0) is 0 Å². The van der Waals surface area contributed by atoms with Crippen molar-refractivity contribution in [3.63, 3.8) is 0 Å². The number of benzene rings is 1. The molecular weight excluding hydrogens is 248 g/mol. The zero-order valence-electron chi connectivity index (χ0n) is 10.6. The van der Waals surface area contributed by atoms with E-state index in [1.54, 1.807) is 30.3 Å². The Morgan fingerprint density at radius 2 is 1.78 bits per heavy atom. The minimum Gasteiger partial charge on any atom is -0.371 e. The molecule has 0 aromatic heterocycles. The van der Waals surface area contributed by atoms with Crippen LogP contribution in [0.3, 0.4) is 0 Å². The van der Waals surface area contributed by atoms with E-state index in [9.17, 15) is 4.79 Å². The molecule has 4 heteroatoms. The number of carbonyl (C=O) groups is 1. The summed E-state index contributed by atoms with van der Waals surface area (Å²) in [6.07, 6.45) is 1.60. The molecule has 1 aliphatic rings. The minimum atomic E-state index is -0.0265. The highest BCUT2D eigenvalue weighted by Crippen LogP contribution is 2.16. The second-order valence-corrected chi connectivity index (χ2v) is 5.74. The fourth-order valence-corrected chi connectivity index (χ4v) is 1.85. The largest absolute Gasteiger partial charge is 0.371 e. The quantitative estimate of drug-likeness (QED) is 0.637. The SMILES string of the molecule is CC1(C)CNC(=CC(=O)c2ccc(Cl)cc2)NC1. The Labute approximate surface area is 112 Å². The van der Waals surface area contributed by atoms with E-state index in [-0.39, 0.29) is 11.2 Å². The normalized spacial score (nSPS) is 17.6. The number of nitrogens with one attached hydrogen (secondary N) is 2. The first-order valence-corrected chi connectivity index (χ1v) is 6.33. The van der Waals surface area contributed by atoms with Gasteiger partial charge in [0, 0.05) is 29.8 Å². The van der Waals surface area contributed by atoms with Crippen molar-refractivity contribution >= 4 is 17.4 Å². The van der Waals surface area contributed by atoms with Gasteiger partial charge in [0.05, 0.1) is 0 Å². The summed E-state index contributed by atoms with van der Waals surface area (Å²) < 4.78 is 0.